The lowest BCUT2D eigenvalue weighted by Gasteiger charge is -2.53. The Morgan fingerprint density at radius 2 is 1.94 bits per heavy atom. The Labute approximate surface area is 95.2 Å². The van der Waals surface area contributed by atoms with Crippen LogP contribution < -0.4 is 0 Å². The number of aliphatic carboxylic acids is 1. The van der Waals surface area contributed by atoms with Gasteiger partial charge in [0.25, 0.3) is 0 Å². The fourth-order valence-electron chi connectivity index (χ4n) is 4.05. The van der Waals surface area contributed by atoms with Crippen LogP contribution in [-0.4, -0.2) is 46.3 Å². The molecule has 3 heterocycles. The quantitative estimate of drug-likeness (QED) is 0.720. The van der Waals surface area contributed by atoms with Gasteiger partial charge in [-0.05, 0) is 44.2 Å². The molecule has 3 unspecified atom stereocenters. The molecule has 0 radical (unpaired) electrons. The van der Waals surface area contributed by atoms with Crippen LogP contribution in [0.4, 0.5) is 0 Å². The van der Waals surface area contributed by atoms with Gasteiger partial charge in [0.15, 0.2) is 0 Å². The number of aliphatic hydroxyl groups is 1. The summed E-state index contributed by atoms with van der Waals surface area (Å²) >= 11 is 0. The largest absolute Gasteiger partial charge is 0.481 e. The molecule has 4 heteroatoms. The molecule has 16 heavy (non-hydrogen) atoms. The van der Waals surface area contributed by atoms with Crippen molar-refractivity contribution in [1.29, 1.82) is 0 Å². The number of fused-ring (bicyclic) bond motifs is 3. The first-order valence-corrected chi connectivity index (χ1v) is 6.19. The van der Waals surface area contributed by atoms with E-state index in [9.17, 15) is 15.0 Å². The Kier molecular flexibility index (Phi) is 1.97. The molecule has 0 spiro atoms. The molecule has 4 nitrogen and oxygen atoms in total. The minimum atomic E-state index is -0.977. The number of carboxylic acids is 1. The molecular formula is C12H19NO3. The zero-order chi connectivity index (χ0) is 11.6. The minimum absolute atomic E-state index is 0.121. The summed E-state index contributed by atoms with van der Waals surface area (Å²) in [7, 11) is 0. The normalized spacial score (nSPS) is 55.0. The van der Waals surface area contributed by atoms with Crippen LogP contribution in [0.5, 0.6) is 0 Å². The van der Waals surface area contributed by atoms with Crippen molar-refractivity contribution in [1.82, 2.24) is 4.90 Å². The van der Waals surface area contributed by atoms with E-state index in [4.69, 9.17) is 0 Å². The van der Waals surface area contributed by atoms with Crippen molar-refractivity contribution in [3.8, 4) is 0 Å². The minimum Gasteiger partial charge on any atom is -0.481 e. The van der Waals surface area contributed by atoms with Crippen molar-refractivity contribution >= 4 is 5.97 Å². The number of hydrogen-bond acceptors (Lipinski definition) is 3. The van der Waals surface area contributed by atoms with E-state index in [-0.39, 0.29) is 11.8 Å². The van der Waals surface area contributed by atoms with Crippen LogP contribution in [-0.2, 0) is 4.79 Å². The van der Waals surface area contributed by atoms with Gasteiger partial charge < -0.3 is 15.1 Å². The van der Waals surface area contributed by atoms with Crippen molar-refractivity contribution < 1.29 is 15.0 Å². The molecule has 0 aromatic heterocycles. The highest BCUT2D eigenvalue weighted by Gasteiger charge is 2.73. The van der Waals surface area contributed by atoms with E-state index in [1.165, 1.54) is 0 Å². The Hall–Kier alpha value is -0.610. The molecule has 4 rings (SSSR count). The smallest absolute Gasteiger partial charge is 0.312 e. The van der Waals surface area contributed by atoms with Crippen LogP contribution in [0.15, 0.2) is 0 Å². The fourth-order valence-corrected chi connectivity index (χ4v) is 4.05. The van der Waals surface area contributed by atoms with E-state index < -0.39 is 17.0 Å². The first-order chi connectivity index (χ1) is 7.50. The van der Waals surface area contributed by atoms with Crippen LogP contribution in [0.2, 0.25) is 0 Å². The van der Waals surface area contributed by atoms with Gasteiger partial charge in [-0.15, -0.1) is 0 Å². The van der Waals surface area contributed by atoms with Crippen molar-refractivity contribution in [2.45, 2.75) is 31.8 Å². The number of nitrogens with zero attached hydrogens (tertiary/aromatic N) is 1. The molecule has 0 amide bonds. The Morgan fingerprint density at radius 3 is 2.25 bits per heavy atom. The summed E-state index contributed by atoms with van der Waals surface area (Å²) in [6.07, 6.45) is 2.56. The Morgan fingerprint density at radius 1 is 1.38 bits per heavy atom. The SMILES string of the molecule is CC1CC1(C(=O)O)C1(O)CN2CCC1CC2. The molecular weight excluding hydrogens is 206 g/mol. The average Bonchev–Trinajstić information content (AvgIpc) is 2.93. The summed E-state index contributed by atoms with van der Waals surface area (Å²) in [4.78, 5) is 13.7. The third-order valence-corrected chi connectivity index (χ3v) is 5.19. The van der Waals surface area contributed by atoms with Gasteiger partial charge in [-0.3, -0.25) is 4.79 Å². The summed E-state index contributed by atoms with van der Waals surface area (Å²) in [5, 5.41) is 20.3. The summed E-state index contributed by atoms with van der Waals surface area (Å²) in [5.41, 5.74) is -1.83. The van der Waals surface area contributed by atoms with Gasteiger partial charge in [0.1, 0.15) is 5.41 Å². The summed E-state index contributed by atoms with van der Waals surface area (Å²) < 4.78 is 0. The second-order valence-electron chi connectivity index (χ2n) is 5.86. The van der Waals surface area contributed by atoms with Gasteiger partial charge in [0, 0.05) is 6.54 Å². The van der Waals surface area contributed by atoms with Gasteiger partial charge in [-0.25, -0.2) is 0 Å². The van der Waals surface area contributed by atoms with Crippen molar-refractivity contribution in [3.63, 3.8) is 0 Å². The molecule has 1 saturated carbocycles. The lowest BCUT2D eigenvalue weighted by atomic mass is 9.66. The molecule has 3 saturated heterocycles. The highest BCUT2D eigenvalue weighted by Crippen LogP contribution is 2.64. The van der Waals surface area contributed by atoms with E-state index >= 15 is 0 Å². The summed E-state index contributed by atoms with van der Waals surface area (Å²) in [6.45, 7) is 4.56. The molecule has 90 valence electrons. The number of rotatable bonds is 2. The maximum Gasteiger partial charge on any atom is 0.312 e. The molecule has 0 aromatic rings. The van der Waals surface area contributed by atoms with Gasteiger partial charge in [-0.2, -0.15) is 0 Å². The Bertz CT molecular complexity index is 337. The second kappa shape index (κ2) is 2.99. The molecule has 0 aromatic carbocycles. The van der Waals surface area contributed by atoms with Gasteiger partial charge in [0.05, 0.1) is 5.60 Å². The topological polar surface area (TPSA) is 60.8 Å². The first-order valence-electron chi connectivity index (χ1n) is 6.19. The van der Waals surface area contributed by atoms with E-state index in [2.05, 4.69) is 4.90 Å². The van der Waals surface area contributed by atoms with Crippen LogP contribution in [0.1, 0.15) is 26.2 Å². The van der Waals surface area contributed by atoms with Crippen molar-refractivity contribution in [2.75, 3.05) is 19.6 Å². The third-order valence-electron chi connectivity index (χ3n) is 5.19. The Balaban J connectivity index is 1.96. The monoisotopic (exact) mass is 225 g/mol. The van der Waals surface area contributed by atoms with Gasteiger partial charge in [0.2, 0.25) is 0 Å². The molecule has 4 fully saturated rings. The fraction of sp³-hybridized carbons (Fsp3) is 0.917. The molecule has 1 aliphatic carbocycles. The maximum absolute atomic E-state index is 11.5. The van der Waals surface area contributed by atoms with E-state index in [0.29, 0.717) is 13.0 Å². The molecule has 2 bridgehead atoms. The van der Waals surface area contributed by atoms with Crippen LogP contribution in [0, 0.1) is 17.3 Å². The predicted octanol–water partition coefficient (Wildman–Crippen LogP) is 0.554. The number of carbonyl (C=O) groups is 1. The summed E-state index contributed by atoms with van der Waals surface area (Å²) in [5.74, 6) is -0.481. The molecule has 2 N–H and O–H groups in total. The number of hydrogen-bond donors (Lipinski definition) is 2. The average molecular weight is 225 g/mol. The lowest BCUT2D eigenvalue weighted by Crippen LogP contribution is -2.65. The third kappa shape index (κ3) is 1.04. The molecule has 3 atom stereocenters. The number of piperidine rings is 3. The highest BCUT2D eigenvalue weighted by atomic mass is 16.4. The number of carboxylic acid groups (broad SMARTS) is 1. The second-order valence-corrected chi connectivity index (χ2v) is 5.86. The highest BCUT2D eigenvalue weighted by molar-refractivity contribution is 5.80. The van der Waals surface area contributed by atoms with Crippen LogP contribution >= 0.6 is 0 Å². The molecule has 4 aliphatic rings. The maximum atomic E-state index is 11.5. The van der Waals surface area contributed by atoms with Crippen molar-refractivity contribution in [3.05, 3.63) is 0 Å². The van der Waals surface area contributed by atoms with Gasteiger partial charge in [-0.1, -0.05) is 6.92 Å². The standard InChI is InChI=1S/C12H19NO3/c1-8-6-11(8,10(14)15)12(16)7-13-4-2-9(12)3-5-13/h8-9,16H,2-7H2,1H3,(H,14,15). The van der Waals surface area contributed by atoms with Crippen LogP contribution in [0.3, 0.4) is 0 Å². The summed E-state index contributed by atoms with van der Waals surface area (Å²) in [6, 6.07) is 0. The first kappa shape index (κ1) is 10.5. The predicted molar refractivity (Wildman–Crippen MR) is 58.0 cm³/mol. The van der Waals surface area contributed by atoms with E-state index in [0.717, 1.165) is 25.9 Å². The van der Waals surface area contributed by atoms with Crippen molar-refractivity contribution in [2.24, 2.45) is 17.3 Å². The van der Waals surface area contributed by atoms with E-state index in [1.807, 2.05) is 6.92 Å². The van der Waals surface area contributed by atoms with E-state index in [1.54, 1.807) is 0 Å². The van der Waals surface area contributed by atoms with Gasteiger partial charge >= 0.3 is 5.97 Å². The molecule has 3 aliphatic heterocycles. The zero-order valence-corrected chi connectivity index (χ0v) is 9.65. The lowest BCUT2D eigenvalue weighted by molar-refractivity contribution is -0.185. The van der Waals surface area contributed by atoms with Crippen LogP contribution in [0.25, 0.3) is 0 Å². The zero-order valence-electron chi connectivity index (χ0n) is 9.65.